The molecule has 0 fully saturated rings. The van der Waals surface area contributed by atoms with Crippen molar-refractivity contribution in [1.29, 1.82) is 0 Å². The van der Waals surface area contributed by atoms with Gasteiger partial charge in [-0.2, -0.15) is 0 Å². The van der Waals surface area contributed by atoms with Gasteiger partial charge in [-0.3, -0.25) is 15.0 Å². The average Bonchev–Trinajstić information content (AvgIpc) is 3.09. The summed E-state index contributed by atoms with van der Waals surface area (Å²) in [6, 6.07) is 13.9. The number of hydrogen-bond acceptors (Lipinski definition) is 6. The van der Waals surface area contributed by atoms with E-state index in [2.05, 4.69) is 0 Å². The number of furan rings is 1. The highest BCUT2D eigenvalue weighted by molar-refractivity contribution is 6.08. The van der Waals surface area contributed by atoms with Crippen LogP contribution < -0.4 is 0 Å². The van der Waals surface area contributed by atoms with Crippen LogP contribution in [0.15, 0.2) is 52.9 Å². The van der Waals surface area contributed by atoms with Crippen molar-refractivity contribution >= 4 is 35.2 Å². The predicted octanol–water partition coefficient (Wildman–Crippen LogP) is 5.27. The molecule has 0 aliphatic carbocycles. The number of carbonyl (C=O) groups excluding carboxylic acids is 1. The van der Waals surface area contributed by atoms with Crippen LogP contribution in [0.25, 0.3) is 22.1 Å². The van der Waals surface area contributed by atoms with Crippen LogP contribution in [0.3, 0.4) is 0 Å². The number of nitrogens with zero attached hydrogens (tertiary/aromatic N) is 2. The molecule has 1 unspecified atom stereocenters. The molecule has 8 heteroatoms. The van der Waals surface area contributed by atoms with Crippen LogP contribution in [0.1, 0.15) is 31.1 Å². The topological polar surface area (TPSA) is 85.8 Å². The maximum absolute atomic E-state index is 12.8. The Labute approximate surface area is 174 Å². The summed E-state index contributed by atoms with van der Waals surface area (Å²) < 4.78 is 11.1. The Bertz CT molecular complexity index is 999. The van der Waals surface area contributed by atoms with Gasteiger partial charge in [-0.05, 0) is 31.6 Å². The molecule has 0 N–H and O–H groups in total. The first-order chi connectivity index (χ1) is 13.5. The number of rotatable bonds is 7. The first kappa shape index (κ1) is 22.4. The lowest BCUT2D eigenvalue weighted by Gasteiger charge is -2.25. The smallest absolute Gasteiger partial charge is 0.442 e. The monoisotopic (exact) mass is 418 g/mol. The molecule has 0 aliphatic heterocycles. The molecule has 29 heavy (non-hydrogen) atoms. The SMILES string of the molecule is CCN(CC)C(C)OC(=O)c1cccc2c(-c3ccccc3)c([N+](=O)[O-])oc12.Cl. The third kappa shape index (κ3) is 4.41. The van der Waals surface area contributed by atoms with Crippen LogP contribution in [0.5, 0.6) is 0 Å². The molecule has 0 radical (unpaired) electrons. The number of fused-ring (bicyclic) bond motifs is 1. The van der Waals surface area contributed by atoms with E-state index < -0.39 is 23.0 Å². The summed E-state index contributed by atoms with van der Waals surface area (Å²) in [5.74, 6) is -0.966. The molecule has 3 aromatic rings. The van der Waals surface area contributed by atoms with E-state index in [1.165, 1.54) is 0 Å². The number of ether oxygens (including phenoxy) is 1. The van der Waals surface area contributed by atoms with E-state index in [9.17, 15) is 14.9 Å². The largest absolute Gasteiger partial charge is 0.443 e. The fourth-order valence-electron chi connectivity index (χ4n) is 3.31. The Morgan fingerprint density at radius 3 is 2.38 bits per heavy atom. The quantitative estimate of drug-likeness (QED) is 0.225. The number of benzene rings is 2. The molecule has 0 spiro atoms. The van der Waals surface area contributed by atoms with E-state index in [1.807, 2.05) is 24.8 Å². The average molecular weight is 419 g/mol. The highest BCUT2D eigenvalue weighted by atomic mass is 35.5. The minimum atomic E-state index is -0.576. The molecular weight excluding hydrogens is 396 g/mol. The highest BCUT2D eigenvalue weighted by Crippen LogP contribution is 2.41. The predicted molar refractivity (Wildman–Crippen MR) is 113 cm³/mol. The molecule has 0 saturated heterocycles. The zero-order valence-electron chi connectivity index (χ0n) is 16.5. The van der Waals surface area contributed by atoms with E-state index in [-0.39, 0.29) is 23.6 Å². The van der Waals surface area contributed by atoms with Crippen LogP contribution in [-0.4, -0.2) is 35.1 Å². The van der Waals surface area contributed by atoms with Gasteiger partial charge in [-0.15, -0.1) is 12.4 Å². The van der Waals surface area contributed by atoms with Gasteiger partial charge in [0.05, 0.1) is 0 Å². The molecule has 2 aromatic carbocycles. The third-order valence-electron chi connectivity index (χ3n) is 4.75. The minimum absolute atomic E-state index is 0. The molecule has 3 rings (SSSR count). The second-order valence-electron chi connectivity index (χ2n) is 6.31. The fourth-order valence-corrected chi connectivity index (χ4v) is 3.31. The number of esters is 1. The Morgan fingerprint density at radius 2 is 1.79 bits per heavy atom. The second kappa shape index (κ2) is 9.54. The summed E-state index contributed by atoms with van der Waals surface area (Å²) in [4.78, 5) is 25.7. The molecule has 0 bridgehead atoms. The highest BCUT2D eigenvalue weighted by Gasteiger charge is 2.29. The molecular formula is C21H23ClN2O5. The van der Waals surface area contributed by atoms with E-state index in [0.29, 0.717) is 16.5 Å². The summed E-state index contributed by atoms with van der Waals surface area (Å²) in [7, 11) is 0. The molecule has 0 amide bonds. The van der Waals surface area contributed by atoms with Gasteiger partial charge in [-0.1, -0.05) is 56.3 Å². The van der Waals surface area contributed by atoms with Crippen molar-refractivity contribution in [2.75, 3.05) is 13.1 Å². The second-order valence-corrected chi connectivity index (χ2v) is 6.31. The summed E-state index contributed by atoms with van der Waals surface area (Å²) in [6.07, 6.45) is -0.420. The number of halogens is 1. The molecule has 0 aliphatic rings. The summed E-state index contributed by atoms with van der Waals surface area (Å²) in [5, 5.41) is 12.1. The molecule has 1 aromatic heterocycles. The Kier molecular flexibility index (Phi) is 7.36. The van der Waals surface area contributed by atoms with Crippen molar-refractivity contribution in [3.63, 3.8) is 0 Å². The van der Waals surface area contributed by atoms with E-state index >= 15 is 0 Å². The lowest BCUT2D eigenvalue weighted by atomic mass is 10.0. The lowest BCUT2D eigenvalue weighted by Crippen LogP contribution is -2.36. The first-order valence-corrected chi connectivity index (χ1v) is 9.18. The van der Waals surface area contributed by atoms with Gasteiger partial charge < -0.3 is 9.15 Å². The Hall–Kier alpha value is -2.90. The summed E-state index contributed by atoms with van der Waals surface area (Å²) in [6.45, 7) is 7.23. The van der Waals surface area contributed by atoms with Crippen molar-refractivity contribution < 1.29 is 18.9 Å². The molecule has 0 saturated carbocycles. The van der Waals surface area contributed by atoms with Crippen molar-refractivity contribution in [2.24, 2.45) is 0 Å². The van der Waals surface area contributed by atoms with Crippen molar-refractivity contribution in [3.8, 4) is 11.1 Å². The zero-order chi connectivity index (χ0) is 20.3. The van der Waals surface area contributed by atoms with Gasteiger partial charge in [-0.25, -0.2) is 4.79 Å². The maximum atomic E-state index is 12.8. The molecule has 7 nitrogen and oxygen atoms in total. The van der Waals surface area contributed by atoms with Gasteiger partial charge in [0.15, 0.2) is 11.8 Å². The van der Waals surface area contributed by atoms with Crippen LogP contribution in [0, 0.1) is 10.1 Å². The van der Waals surface area contributed by atoms with Gasteiger partial charge >= 0.3 is 11.9 Å². The van der Waals surface area contributed by atoms with Gasteiger partial charge in [0, 0.05) is 5.39 Å². The van der Waals surface area contributed by atoms with Crippen molar-refractivity contribution in [3.05, 3.63) is 64.2 Å². The summed E-state index contributed by atoms with van der Waals surface area (Å²) in [5.41, 5.74) is 1.33. The fraction of sp³-hybridized carbons (Fsp3) is 0.286. The zero-order valence-corrected chi connectivity index (χ0v) is 17.3. The van der Waals surface area contributed by atoms with Gasteiger partial charge in [0.25, 0.3) is 0 Å². The number of para-hydroxylation sites is 1. The van der Waals surface area contributed by atoms with Crippen molar-refractivity contribution in [2.45, 2.75) is 27.0 Å². The first-order valence-electron chi connectivity index (χ1n) is 9.18. The number of nitro groups is 1. The lowest BCUT2D eigenvalue weighted by molar-refractivity contribution is -0.400. The minimum Gasteiger partial charge on any atom is -0.443 e. The molecule has 154 valence electrons. The van der Waals surface area contributed by atoms with Crippen LogP contribution in [0.4, 0.5) is 5.88 Å². The number of hydrogen-bond donors (Lipinski definition) is 0. The van der Waals surface area contributed by atoms with Crippen molar-refractivity contribution in [1.82, 2.24) is 4.90 Å². The maximum Gasteiger partial charge on any atom is 0.442 e. The van der Waals surface area contributed by atoms with Crippen LogP contribution >= 0.6 is 12.4 Å². The van der Waals surface area contributed by atoms with E-state index in [0.717, 1.165) is 13.1 Å². The Morgan fingerprint density at radius 1 is 1.14 bits per heavy atom. The molecule has 1 heterocycles. The normalized spacial score (nSPS) is 11.9. The van der Waals surface area contributed by atoms with E-state index in [1.54, 1.807) is 49.4 Å². The summed E-state index contributed by atoms with van der Waals surface area (Å²) >= 11 is 0. The molecule has 1 atom stereocenters. The standard InChI is InChI=1S/C21H22N2O5.ClH/c1-4-22(5-2)14(3)27-21(24)17-13-9-12-16-18(15-10-7-6-8-11-15)20(23(25)26)28-19(16)17;/h6-14H,4-5H2,1-3H3;1H. The van der Waals surface area contributed by atoms with Gasteiger partial charge in [0.2, 0.25) is 0 Å². The van der Waals surface area contributed by atoms with Crippen LogP contribution in [0.2, 0.25) is 0 Å². The number of carbonyl (C=O) groups is 1. The van der Waals surface area contributed by atoms with E-state index in [4.69, 9.17) is 9.15 Å². The Balaban J connectivity index is 0.00000300. The van der Waals surface area contributed by atoms with Gasteiger partial charge in [0.1, 0.15) is 16.1 Å². The van der Waals surface area contributed by atoms with Crippen LogP contribution in [-0.2, 0) is 4.74 Å². The third-order valence-corrected chi connectivity index (χ3v) is 4.75.